The number of hydrogen-bond acceptors (Lipinski definition) is 6. The third-order valence-electron chi connectivity index (χ3n) is 3.03. The summed E-state index contributed by atoms with van der Waals surface area (Å²) in [6.07, 6.45) is 1.83. The summed E-state index contributed by atoms with van der Waals surface area (Å²) in [6.45, 7) is 6.65. The van der Waals surface area contributed by atoms with Crippen molar-refractivity contribution in [3.63, 3.8) is 0 Å². The van der Waals surface area contributed by atoms with Crippen LogP contribution in [0.4, 0.5) is 5.13 Å². The summed E-state index contributed by atoms with van der Waals surface area (Å²) >= 11 is 1.45. The molecule has 6 nitrogen and oxygen atoms in total. The summed E-state index contributed by atoms with van der Waals surface area (Å²) in [7, 11) is 1.91. The molecular formula is C13H18N4O2S. The monoisotopic (exact) mass is 294 g/mol. The Morgan fingerprint density at radius 1 is 1.50 bits per heavy atom. The lowest BCUT2D eigenvalue weighted by atomic mass is 10.2. The van der Waals surface area contributed by atoms with E-state index in [2.05, 4.69) is 15.4 Å². The van der Waals surface area contributed by atoms with Crippen molar-refractivity contribution in [2.75, 3.05) is 11.9 Å². The molecule has 2 rings (SSSR count). The standard InChI is InChI=1S/C13H18N4O2S/c1-5-19-12(18)11-9(3)20-13(16-11)14-6-10-7-15-17(4)8(10)2/h7H,5-6H2,1-4H3,(H,14,16). The van der Waals surface area contributed by atoms with E-state index in [-0.39, 0.29) is 5.97 Å². The molecule has 0 spiro atoms. The molecular weight excluding hydrogens is 276 g/mol. The highest BCUT2D eigenvalue weighted by Crippen LogP contribution is 2.23. The Hall–Kier alpha value is -1.89. The third kappa shape index (κ3) is 2.98. The van der Waals surface area contributed by atoms with Gasteiger partial charge in [0.05, 0.1) is 12.8 Å². The van der Waals surface area contributed by atoms with Crippen molar-refractivity contribution in [2.24, 2.45) is 7.05 Å². The van der Waals surface area contributed by atoms with Gasteiger partial charge in [0.1, 0.15) is 0 Å². The lowest BCUT2D eigenvalue weighted by Gasteiger charge is -2.02. The average molecular weight is 294 g/mol. The van der Waals surface area contributed by atoms with Crippen molar-refractivity contribution in [1.82, 2.24) is 14.8 Å². The molecule has 0 saturated carbocycles. The molecule has 0 fully saturated rings. The first-order chi connectivity index (χ1) is 9.52. The van der Waals surface area contributed by atoms with E-state index in [0.29, 0.717) is 24.0 Å². The first-order valence-corrected chi connectivity index (χ1v) is 7.20. The van der Waals surface area contributed by atoms with Crippen molar-refractivity contribution >= 4 is 22.4 Å². The first-order valence-electron chi connectivity index (χ1n) is 6.38. The highest BCUT2D eigenvalue weighted by molar-refractivity contribution is 7.15. The van der Waals surface area contributed by atoms with Gasteiger partial charge in [-0.05, 0) is 20.8 Å². The van der Waals surface area contributed by atoms with Crippen molar-refractivity contribution < 1.29 is 9.53 Å². The quantitative estimate of drug-likeness (QED) is 0.857. The average Bonchev–Trinajstić information content (AvgIpc) is 2.93. The van der Waals surface area contributed by atoms with E-state index in [4.69, 9.17) is 4.74 Å². The summed E-state index contributed by atoms with van der Waals surface area (Å²) in [5.41, 5.74) is 2.61. The van der Waals surface area contributed by atoms with Crippen LogP contribution in [0.3, 0.4) is 0 Å². The Kier molecular flexibility index (Phi) is 4.39. The molecule has 0 aliphatic heterocycles. The number of hydrogen-bond donors (Lipinski definition) is 1. The number of carbonyl (C=O) groups excluding carboxylic acids is 1. The van der Waals surface area contributed by atoms with Gasteiger partial charge in [0.15, 0.2) is 10.8 Å². The molecule has 0 saturated heterocycles. The van der Waals surface area contributed by atoms with Crippen LogP contribution in [0.25, 0.3) is 0 Å². The molecule has 7 heteroatoms. The minimum Gasteiger partial charge on any atom is -0.461 e. The smallest absolute Gasteiger partial charge is 0.358 e. The third-order valence-corrected chi connectivity index (χ3v) is 3.96. The molecule has 2 aromatic rings. The Bertz CT molecular complexity index is 618. The molecule has 0 atom stereocenters. The number of aryl methyl sites for hydroxylation is 2. The van der Waals surface area contributed by atoms with Crippen LogP contribution in [0, 0.1) is 13.8 Å². The topological polar surface area (TPSA) is 69.0 Å². The van der Waals surface area contributed by atoms with E-state index in [0.717, 1.165) is 16.1 Å². The highest BCUT2D eigenvalue weighted by Gasteiger charge is 2.16. The fourth-order valence-electron chi connectivity index (χ4n) is 1.75. The number of carbonyl (C=O) groups is 1. The van der Waals surface area contributed by atoms with Gasteiger partial charge in [-0.25, -0.2) is 9.78 Å². The molecule has 0 aliphatic carbocycles. The molecule has 1 N–H and O–H groups in total. The maximum atomic E-state index is 11.7. The van der Waals surface area contributed by atoms with Crippen molar-refractivity contribution in [3.8, 4) is 0 Å². The molecule has 0 aliphatic rings. The normalized spacial score (nSPS) is 10.6. The molecule has 0 aromatic carbocycles. The summed E-state index contributed by atoms with van der Waals surface area (Å²) in [5, 5.41) is 8.13. The second kappa shape index (κ2) is 6.04. The number of ether oxygens (including phenoxy) is 1. The number of thiazole rings is 1. The maximum absolute atomic E-state index is 11.7. The Balaban J connectivity index is 2.05. The van der Waals surface area contributed by atoms with Crippen molar-refractivity contribution in [2.45, 2.75) is 27.3 Å². The van der Waals surface area contributed by atoms with Gasteiger partial charge in [0.25, 0.3) is 0 Å². The summed E-state index contributed by atoms with van der Waals surface area (Å²) in [5.74, 6) is -0.369. The fraction of sp³-hybridized carbons (Fsp3) is 0.462. The predicted molar refractivity (Wildman–Crippen MR) is 78.1 cm³/mol. The number of aromatic nitrogens is 3. The van der Waals surface area contributed by atoms with E-state index in [1.807, 2.05) is 31.8 Å². The van der Waals surface area contributed by atoms with Gasteiger partial charge in [-0.3, -0.25) is 4.68 Å². The number of nitrogens with one attached hydrogen (secondary N) is 1. The second-order valence-electron chi connectivity index (χ2n) is 4.38. The van der Waals surface area contributed by atoms with Crippen molar-refractivity contribution in [3.05, 3.63) is 28.0 Å². The van der Waals surface area contributed by atoms with Crippen LogP contribution >= 0.6 is 11.3 Å². The van der Waals surface area contributed by atoms with Gasteiger partial charge in [0.2, 0.25) is 0 Å². The first kappa shape index (κ1) is 14.5. The Morgan fingerprint density at radius 2 is 2.25 bits per heavy atom. The molecule has 0 amide bonds. The molecule has 2 aromatic heterocycles. The van der Waals surface area contributed by atoms with E-state index in [1.165, 1.54) is 11.3 Å². The molecule has 2 heterocycles. The second-order valence-corrected chi connectivity index (χ2v) is 5.58. The minimum absolute atomic E-state index is 0.355. The lowest BCUT2D eigenvalue weighted by molar-refractivity contribution is 0.0519. The molecule has 0 radical (unpaired) electrons. The lowest BCUT2D eigenvalue weighted by Crippen LogP contribution is -2.07. The number of esters is 1. The van der Waals surface area contributed by atoms with Crippen LogP contribution in [0.15, 0.2) is 6.20 Å². The van der Waals surface area contributed by atoms with Gasteiger partial charge in [-0.1, -0.05) is 0 Å². The number of nitrogens with zero attached hydrogens (tertiary/aromatic N) is 3. The van der Waals surface area contributed by atoms with E-state index < -0.39 is 0 Å². The van der Waals surface area contributed by atoms with Crippen LogP contribution in [-0.2, 0) is 18.3 Å². The van der Waals surface area contributed by atoms with E-state index >= 15 is 0 Å². The molecule has 0 unspecified atom stereocenters. The van der Waals surface area contributed by atoms with Gasteiger partial charge in [0, 0.05) is 29.7 Å². The van der Waals surface area contributed by atoms with Crippen LogP contribution in [0.2, 0.25) is 0 Å². The van der Waals surface area contributed by atoms with E-state index in [9.17, 15) is 4.79 Å². The summed E-state index contributed by atoms with van der Waals surface area (Å²) < 4.78 is 6.80. The van der Waals surface area contributed by atoms with Crippen LogP contribution in [-0.4, -0.2) is 27.3 Å². The van der Waals surface area contributed by atoms with Gasteiger partial charge >= 0.3 is 5.97 Å². The summed E-state index contributed by atoms with van der Waals surface area (Å²) in [4.78, 5) is 16.8. The van der Waals surface area contributed by atoms with E-state index in [1.54, 1.807) is 6.92 Å². The SMILES string of the molecule is CCOC(=O)c1nc(NCc2cnn(C)c2C)sc1C. The highest BCUT2D eigenvalue weighted by atomic mass is 32.1. The van der Waals surface area contributed by atoms with Gasteiger partial charge in [-0.2, -0.15) is 5.10 Å². The molecule has 108 valence electrons. The van der Waals surface area contributed by atoms with Crippen LogP contribution < -0.4 is 5.32 Å². The summed E-state index contributed by atoms with van der Waals surface area (Å²) in [6, 6.07) is 0. The molecule has 0 bridgehead atoms. The number of rotatable bonds is 5. The van der Waals surface area contributed by atoms with Gasteiger partial charge in [-0.15, -0.1) is 11.3 Å². The zero-order valence-electron chi connectivity index (χ0n) is 12.1. The number of anilines is 1. The Labute approximate surface area is 121 Å². The maximum Gasteiger partial charge on any atom is 0.358 e. The van der Waals surface area contributed by atoms with Crippen molar-refractivity contribution in [1.29, 1.82) is 0 Å². The fourth-order valence-corrected chi connectivity index (χ4v) is 2.55. The Morgan fingerprint density at radius 3 is 2.85 bits per heavy atom. The largest absolute Gasteiger partial charge is 0.461 e. The van der Waals surface area contributed by atoms with Crippen LogP contribution in [0.1, 0.15) is 33.5 Å². The van der Waals surface area contributed by atoms with Gasteiger partial charge < -0.3 is 10.1 Å². The van der Waals surface area contributed by atoms with Crippen LogP contribution in [0.5, 0.6) is 0 Å². The predicted octanol–water partition coefficient (Wildman–Crippen LogP) is 2.28. The molecule has 20 heavy (non-hydrogen) atoms. The zero-order valence-corrected chi connectivity index (χ0v) is 12.9. The minimum atomic E-state index is -0.369. The zero-order chi connectivity index (χ0) is 14.7.